The van der Waals surface area contributed by atoms with Crippen molar-refractivity contribution in [2.75, 3.05) is 5.32 Å². The van der Waals surface area contributed by atoms with Crippen molar-refractivity contribution in [3.8, 4) is 6.07 Å². The number of nitrogens with zero attached hydrogens (tertiary/aromatic N) is 1. The first-order chi connectivity index (χ1) is 8.16. The number of nitrogens with one attached hydrogen (secondary N) is 1. The van der Waals surface area contributed by atoms with E-state index < -0.39 is 5.54 Å². The van der Waals surface area contributed by atoms with E-state index in [2.05, 4.69) is 18.3 Å². The van der Waals surface area contributed by atoms with Crippen LogP contribution < -0.4 is 5.32 Å². The van der Waals surface area contributed by atoms with Gasteiger partial charge in [-0.15, -0.1) is 0 Å². The Hall–Kier alpha value is -1.56. The van der Waals surface area contributed by atoms with E-state index in [9.17, 15) is 9.65 Å². The highest BCUT2D eigenvalue weighted by Crippen LogP contribution is 2.36. The highest BCUT2D eigenvalue weighted by Gasteiger charge is 2.38. The van der Waals surface area contributed by atoms with Gasteiger partial charge in [-0.05, 0) is 37.0 Å². The van der Waals surface area contributed by atoms with Gasteiger partial charge in [-0.25, -0.2) is 4.39 Å². The van der Waals surface area contributed by atoms with Crippen molar-refractivity contribution >= 4 is 5.69 Å². The summed E-state index contributed by atoms with van der Waals surface area (Å²) in [4.78, 5) is 0. The van der Waals surface area contributed by atoms with Crippen LogP contribution >= 0.6 is 0 Å². The highest BCUT2D eigenvalue weighted by molar-refractivity contribution is 5.48. The zero-order valence-electron chi connectivity index (χ0n) is 10.0. The molecule has 1 aromatic carbocycles. The highest BCUT2D eigenvalue weighted by atomic mass is 19.1. The second-order valence-corrected chi connectivity index (χ2v) is 4.87. The first-order valence-electron chi connectivity index (χ1n) is 6.11. The third-order valence-corrected chi connectivity index (χ3v) is 3.69. The summed E-state index contributed by atoms with van der Waals surface area (Å²) in [5, 5.41) is 12.7. The van der Waals surface area contributed by atoms with Gasteiger partial charge in [0, 0.05) is 5.69 Å². The molecule has 0 amide bonds. The lowest BCUT2D eigenvalue weighted by molar-refractivity contribution is 0.286. The maximum atomic E-state index is 13.1. The molecule has 1 aliphatic rings. The van der Waals surface area contributed by atoms with Gasteiger partial charge < -0.3 is 5.32 Å². The van der Waals surface area contributed by atoms with Gasteiger partial charge in [-0.1, -0.05) is 25.8 Å². The summed E-state index contributed by atoms with van der Waals surface area (Å²) in [6, 6.07) is 8.73. The minimum Gasteiger partial charge on any atom is -0.367 e. The molecule has 3 heteroatoms. The van der Waals surface area contributed by atoms with Gasteiger partial charge in [0.1, 0.15) is 11.4 Å². The average Bonchev–Trinajstić information content (AvgIpc) is 2.32. The van der Waals surface area contributed by atoms with Crippen LogP contribution in [0.3, 0.4) is 0 Å². The van der Waals surface area contributed by atoms with Crippen LogP contribution in [0, 0.1) is 23.1 Å². The van der Waals surface area contributed by atoms with Crippen molar-refractivity contribution < 1.29 is 4.39 Å². The molecule has 1 aliphatic carbocycles. The third kappa shape index (κ3) is 2.41. The lowest BCUT2D eigenvalue weighted by atomic mass is 9.74. The van der Waals surface area contributed by atoms with E-state index in [0.29, 0.717) is 11.6 Å². The minimum absolute atomic E-state index is 0.272. The maximum Gasteiger partial charge on any atom is 0.127 e. The molecule has 2 rings (SSSR count). The van der Waals surface area contributed by atoms with Gasteiger partial charge >= 0.3 is 0 Å². The second-order valence-electron chi connectivity index (χ2n) is 4.87. The fourth-order valence-corrected chi connectivity index (χ4v) is 2.55. The molecular weight excluding hydrogens is 215 g/mol. The maximum absolute atomic E-state index is 13.1. The van der Waals surface area contributed by atoms with Crippen LogP contribution in [-0.4, -0.2) is 5.54 Å². The number of hydrogen-bond acceptors (Lipinski definition) is 2. The standard InChI is InChI=1S/C14H17FN2/c1-11-5-2-3-8-14(11,10-16)17-13-7-4-6-12(15)9-13/h4,6-7,9,11,17H,2-3,5,8H2,1H3. The van der Waals surface area contributed by atoms with E-state index in [0.717, 1.165) is 19.3 Å². The van der Waals surface area contributed by atoms with Gasteiger partial charge in [0.2, 0.25) is 0 Å². The van der Waals surface area contributed by atoms with Gasteiger partial charge in [-0.2, -0.15) is 5.26 Å². The molecule has 1 saturated carbocycles. The van der Waals surface area contributed by atoms with E-state index in [1.54, 1.807) is 6.07 Å². The Kier molecular flexibility index (Phi) is 3.33. The zero-order chi connectivity index (χ0) is 12.3. The number of halogens is 1. The van der Waals surface area contributed by atoms with Crippen molar-refractivity contribution in [1.82, 2.24) is 0 Å². The van der Waals surface area contributed by atoms with Crippen LogP contribution in [0.15, 0.2) is 24.3 Å². The molecule has 2 atom stereocenters. The molecule has 0 spiro atoms. The molecule has 1 fully saturated rings. The minimum atomic E-state index is -0.536. The van der Waals surface area contributed by atoms with Crippen LogP contribution in [0.4, 0.5) is 10.1 Å². The lowest BCUT2D eigenvalue weighted by Crippen LogP contribution is -2.45. The fourth-order valence-electron chi connectivity index (χ4n) is 2.55. The Labute approximate surface area is 101 Å². The predicted octanol–water partition coefficient (Wildman–Crippen LogP) is 3.71. The van der Waals surface area contributed by atoms with Crippen molar-refractivity contribution in [2.24, 2.45) is 5.92 Å². The van der Waals surface area contributed by atoms with E-state index in [1.807, 2.05) is 6.07 Å². The van der Waals surface area contributed by atoms with Gasteiger partial charge in [0.05, 0.1) is 6.07 Å². The van der Waals surface area contributed by atoms with Crippen LogP contribution in [0.1, 0.15) is 32.6 Å². The Balaban J connectivity index is 2.22. The number of benzene rings is 1. The van der Waals surface area contributed by atoms with E-state index in [4.69, 9.17) is 0 Å². The van der Waals surface area contributed by atoms with Gasteiger partial charge in [0.15, 0.2) is 0 Å². The molecule has 0 bridgehead atoms. The normalized spacial score (nSPS) is 28.4. The smallest absolute Gasteiger partial charge is 0.127 e. The van der Waals surface area contributed by atoms with Crippen LogP contribution in [0.2, 0.25) is 0 Å². The van der Waals surface area contributed by atoms with Crippen molar-refractivity contribution in [3.63, 3.8) is 0 Å². The summed E-state index contributed by atoms with van der Waals surface area (Å²) in [7, 11) is 0. The molecule has 17 heavy (non-hydrogen) atoms. The van der Waals surface area contributed by atoms with Crippen molar-refractivity contribution in [1.29, 1.82) is 5.26 Å². The molecule has 2 unspecified atom stereocenters. The van der Waals surface area contributed by atoms with Crippen LogP contribution in [-0.2, 0) is 0 Å². The first kappa shape index (κ1) is 11.9. The zero-order valence-corrected chi connectivity index (χ0v) is 10.0. The molecule has 0 radical (unpaired) electrons. The van der Waals surface area contributed by atoms with Crippen LogP contribution in [0.5, 0.6) is 0 Å². The summed E-state index contributed by atoms with van der Waals surface area (Å²) in [6.07, 6.45) is 4.12. The number of anilines is 1. The quantitative estimate of drug-likeness (QED) is 0.843. The molecule has 1 N–H and O–H groups in total. The molecule has 90 valence electrons. The summed E-state index contributed by atoms with van der Waals surface area (Å²) >= 11 is 0. The number of hydrogen-bond donors (Lipinski definition) is 1. The van der Waals surface area contributed by atoms with Crippen molar-refractivity contribution in [3.05, 3.63) is 30.1 Å². The van der Waals surface area contributed by atoms with E-state index in [1.165, 1.54) is 18.6 Å². The molecule has 2 nitrogen and oxygen atoms in total. The molecule has 0 heterocycles. The van der Waals surface area contributed by atoms with Gasteiger partial charge in [0.25, 0.3) is 0 Å². The Morgan fingerprint density at radius 1 is 1.47 bits per heavy atom. The summed E-state index contributed by atoms with van der Waals surface area (Å²) < 4.78 is 13.1. The van der Waals surface area contributed by atoms with Gasteiger partial charge in [-0.3, -0.25) is 0 Å². The summed E-state index contributed by atoms with van der Waals surface area (Å²) in [5.74, 6) is 0.0241. The van der Waals surface area contributed by atoms with E-state index in [-0.39, 0.29) is 5.82 Å². The monoisotopic (exact) mass is 232 g/mol. The topological polar surface area (TPSA) is 35.8 Å². The number of nitriles is 1. The predicted molar refractivity (Wildman–Crippen MR) is 66.0 cm³/mol. The average molecular weight is 232 g/mol. The summed E-state index contributed by atoms with van der Waals surface area (Å²) in [5.41, 5.74) is 0.159. The van der Waals surface area contributed by atoms with E-state index >= 15 is 0 Å². The molecule has 1 aromatic rings. The van der Waals surface area contributed by atoms with Crippen LogP contribution in [0.25, 0.3) is 0 Å². The third-order valence-electron chi connectivity index (χ3n) is 3.69. The Morgan fingerprint density at radius 3 is 2.94 bits per heavy atom. The number of rotatable bonds is 2. The largest absolute Gasteiger partial charge is 0.367 e. The SMILES string of the molecule is CC1CCCCC1(C#N)Nc1cccc(F)c1. The molecule has 0 aliphatic heterocycles. The molecular formula is C14H17FN2. The Morgan fingerprint density at radius 2 is 2.29 bits per heavy atom. The first-order valence-corrected chi connectivity index (χ1v) is 6.11. The fraction of sp³-hybridized carbons (Fsp3) is 0.500. The van der Waals surface area contributed by atoms with Crippen molar-refractivity contribution in [2.45, 2.75) is 38.1 Å². The Bertz CT molecular complexity index is 438. The molecule has 0 saturated heterocycles. The lowest BCUT2D eigenvalue weighted by Gasteiger charge is -2.38. The second kappa shape index (κ2) is 4.75. The molecule has 0 aromatic heterocycles. The summed E-state index contributed by atoms with van der Waals surface area (Å²) in [6.45, 7) is 2.09.